The van der Waals surface area contributed by atoms with Crippen LogP contribution in [-0.2, 0) is 13.2 Å². The Morgan fingerprint density at radius 1 is 0.645 bits per heavy atom. The van der Waals surface area contributed by atoms with Crippen LogP contribution in [0.2, 0.25) is 0 Å². The lowest BCUT2D eigenvalue weighted by Crippen LogP contribution is -2.13. The minimum atomic E-state index is -0.221. The van der Waals surface area contributed by atoms with Crippen molar-refractivity contribution in [2.24, 2.45) is 0 Å². The van der Waals surface area contributed by atoms with Crippen LogP contribution in [0.25, 0.3) is 0 Å². The van der Waals surface area contributed by atoms with Gasteiger partial charge in [-0.3, -0.25) is 4.79 Å². The molecule has 4 aromatic rings. The van der Waals surface area contributed by atoms with Gasteiger partial charge in [0.25, 0.3) is 5.91 Å². The summed E-state index contributed by atoms with van der Waals surface area (Å²) in [6.45, 7) is 0.874. The van der Waals surface area contributed by atoms with Crippen LogP contribution in [0.5, 0.6) is 11.5 Å². The van der Waals surface area contributed by atoms with Crippen molar-refractivity contribution >= 4 is 11.6 Å². The molecule has 31 heavy (non-hydrogen) atoms. The van der Waals surface area contributed by atoms with Crippen molar-refractivity contribution in [3.8, 4) is 11.5 Å². The molecule has 0 bridgehead atoms. The molecule has 1 N–H and O–H groups in total. The fraction of sp³-hybridized carbons (Fsp3) is 0.0741. The van der Waals surface area contributed by atoms with Crippen LogP contribution in [0.15, 0.2) is 109 Å². The summed E-state index contributed by atoms with van der Waals surface area (Å²) in [4.78, 5) is 12.8. The highest BCUT2D eigenvalue weighted by atomic mass is 16.5. The van der Waals surface area contributed by atoms with E-state index in [1.54, 1.807) is 12.1 Å². The first-order valence-corrected chi connectivity index (χ1v) is 10.1. The van der Waals surface area contributed by atoms with Gasteiger partial charge in [0.1, 0.15) is 24.7 Å². The molecule has 4 aromatic carbocycles. The highest BCUT2D eigenvalue weighted by Gasteiger charge is 2.11. The highest BCUT2D eigenvalue weighted by Crippen LogP contribution is 2.26. The summed E-state index contributed by atoms with van der Waals surface area (Å²) in [6.07, 6.45) is 0. The Labute approximate surface area is 182 Å². The van der Waals surface area contributed by atoms with Crippen molar-refractivity contribution in [1.82, 2.24) is 0 Å². The molecule has 0 heterocycles. The monoisotopic (exact) mass is 409 g/mol. The quantitative estimate of drug-likeness (QED) is 0.383. The summed E-state index contributed by atoms with van der Waals surface area (Å²) in [6, 6.07) is 34.4. The minimum Gasteiger partial charge on any atom is -0.489 e. The van der Waals surface area contributed by atoms with Crippen molar-refractivity contribution in [2.45, 2.75) is 13.2 Å². The van der Waals surface area contributed by atoms with Crippen LogP contribution in [-0.4, -0.2) is 5.91 Å². The van der Waals surface area contributed by atoms with Gasteiger partial charge < -0.3 is 14.8 Å². The van der Waals surface area contributed by atoms with Gasteiger partial charge in [0.2, 0.25) is 0 Å². The number of benzene rings is 4. The standard InChI is InChI=1S/C27H23NO3/c29-27(23-14-9-15-24(18-23)30-19-21-10-3-1-4-11-21)28-25-16-7-8-17-26(25)31-20-22-12-5-2-6-13-22/h1-18H,19-20H2,(H,28,29). The maximum atomic E-state index is 12.8. The second-order valence-electron chi connectivity index (χ2n) is 7.03. The number of hydrogen-bond acceptors (Lipinski definition) is 3. The molecular weight excluding hydrogens is 386 g/mol. The molecule has 4 nitrogen and oxygen atoms in total. The summed E-state index contributed by atoms with van der Waals surface area (Å²) < 4.78 is 11.8. The molecule has 0 spiro atoms. The average Bonchev–Trinajstić information content (AvgIpc) is 2.84. The lowest BCUT2D eigenvalue weighted by atomic mass is 10.2. The van der Waals surface area contributed by atoms with Gasteiger partial charge in [0, 0.05) is 5.56 Å². The van der Waals surface area contributed by atoms with E-state index in [0.29, 0.717) is 36.0 Å². The topological polar surface area (TPSA) is 47.6 Å². The van der Waals surface area contributed by atoms with E-state index in [4.69, 9.17) is 9.47 Å². The summed E-state index contributed by atoms with van der Waals surface area (Å²) in [5, 5.41) is 2.94. The van der Waals surface area contributed by atoms with Gasteiger partial charge in [0.15, 0.2) is 0 Å². The number of para-hydroxylation sites is 2. The van der Waals surface area contributed by atoms with Gasteiger partial charge in [0.05, 0.1) is 5.69 Å². The molecular formula is C27H23NO3. The Kier molecular flexibility index (Phi) is 6.61. The normalized spacial score (nSPS) is 10.3. The van der Waals surface area contributed by atoms with Gasteiger partial charge in [-0.1, -0.05) is 78.9 Å². The van der Waals surface area contributed by atoms with E-state index in [-0.39, 0.29) is 5.91 Å². The number of amides is 1. The second-order valence-corrected chi connectivity index (χ2v) is 7.03. The van der Waals surface area contributed by atoms with Crippen molar-refractivity contribution in [3.05, 3.63) is 126 Å². The number of carbonyl (C=O) groups is 1. The largest absolute Gasteiger partial charge is 0.489 e. The molecule has 0 saturated heterocycles. The van der Waals surface area contributed by atoms with E-state index in [1.165, 1.54) is 0 Å². The summed E-state index contributed by atoms with van der Waals surface area (Å²) >= 11 is 0. The molecule has 0 aromatic heterocycles. The third-order valence-corrected chi connectivity index (χ3v) is 4.72. The fourth-order valence-electron chi connectivity index (χ4n) is 3.09. The predicted molar refractivity (Wildman–Crippen MR) is 122 cm³/mol. The van der Waals surface area contributed by atoms with Crippen LogP contribution in [0.1, 0.15) is 21.5 Å². The SMILES string of the molecule is O=C(Nc1ccccc1OCc1ccccc1)c1cccc(OCc2ccccc2)c1. The van der Waals surface area contributed by atoms with E-state index in [0.717, 1.165) is 11.1 Å². The average molecular weight is 409 g/mol. The maximum absolute atomic E-state index is 12.8. The number of rotatable bonds is 8. The maximum Gasteiger partial charge on any atom is 0.255 e. The summed E-state index contributed by atoms with van der Waals surface area (Å²) in [7, 11) is 0. The zero-order chi connectivity index (χ0) is 21.3. The number of hydrogen-bond donors (Lipinski definition) is 1. The zero-order valence-electron chi connectivity index (χ0n) is 17.0. The molecule has 0 atom stereocenters. The number of carbonyl (C=O) groups excluding carboxylic acids is 1. The van der Waals surface area contributed by atoms with E-state index in [9.17, 15) is 4.79 Å². The third-order valence-electron chi connectivity index (χ3n) is 4.72. The van der Waals surface area contributed by atoms with Crippen molar-refractivity contribution in [1.29, 1.82) is 0 Å². The first-order valence-electron chi connectivity index (χ1n) is 10.1. The van der Waals surface area contributed by atoms with Crippen LogP contribution in [0, 0.1) is 0 Å². The molecule has 0 radical (unpaired) electrons. The number of nitrogens with one attached hydrogen (secondary N) is 1. The first-order chi connectivity index (χ1) is 15.3. The smallest absolute Gasteiger partial charge is 0.255 e. The highest BCUT2D eigenvalue weighted by molar-refractivity contribution is 6.05. The van der Waals surface area contributed by atoms with Crippen LogP contribution >= 0.6 is 0 Å². The number of ether oxygens (including phenoxy) is 2. The van der Waals surface area contributed by atoms with Gasteiger partial charge in [-0.15, -0.1) is 0 Å². The van der Waals surface area contributed by atoms with Crippen LogP contribution in [0.3, 0.4) is 0 Å². The van der Waals surface area contributed by atoms with Crippen LogP contribution < -0.4 is 14.8 Å². The minimum absolute atomic E-state index is 0.221. The Morgan fingerprint density at radius 2 is 1.26 bits per heavy atom. The van der Waals surface area contributed by atoms with Gasteiger partial charge in [-0.2, -0.15) is 0 Å². The molecule has 0 aliphatic rings. The lowest BCUT2D eigenvalue weighted by molar-refractivity contribution is 0.102. The molecule has 154 valence electrons. The van der Waals surface area contributed by atoms with Crippen LogP contribution in [0.4, 0.5) is 5.69 Å². The molecule has 0 saturated carbocycles. The molecule has 0 unspecified atom stereocenters. The van der Waals surface area contributed by atoms with E-state index >= 15 is 0 Å². The second kappa shape index (κ2) is 10.1. The van der Waals surface area contributed by atoms with E-state index < -0.39 is 0 Å². The molecule has 1 amide bonds. The van der Waals surface area contributed by atoms with E-state index in [2.05, 4.69) is 5.32 Å². The van der Waals surface area contributed by atoms with Crippen molar-refractivity contribution in [2.75, 3.05) is 5.32 Å². The zero-order valence-corrected chi connectivity index (χ0v) is 17.0. The molecule has 0 fully saturated rings. The molecule has 4 rings (SSSR count). The van der Waals surface area contributed by atoms with Crippen molar-refractivity contribution in [3.63, 3.8) is 0 Å². The molecule has 4 heteroatoms. The first kappa shape index (κ1) is 20.2. The van der Waals surface area contributed by atoms with E-state index in [1.807, 2.05) is 97.1 Å². The predicted octanol–water partition coefficient (Wildman–Crippen LogP) is 6.10. The third kappa shape index (κ3) is 5.73. The fourth-order valence-corrected chi connectivity index (χ4v) is 3.09. The summed E-state index contributed by atoms with van der Waals surface area (Å²) in [5.41, 5.74) is 3.27. The lowest BCUT2D eigenvalue weighted by Gasteiger charge is -2.13. The Morgan fingerprint density at radius 3 is 1.97 bits per heavy atom. The molecule has 0 aliphatic carbocycles. The van der Waals surface area contributed by atoms with Crippen molar-refractivity contribution < 1.29 is 14.3 Å². The Balaban J connectivity index is 1.41. The van der Waals surface area contributed by atoms with Gasteiger partial charge in [-0.05, 0) is 41.5 Å². The van der Waals surface area contributed by atoms with Gasteiger partial charge in [-0.25, -0.2) is 0 Å². The Bertz CT molecular complexity index is 1130. The Hall–Kier alpha value is -4.05. The number of anilines is 1. The molecule has 0 aliphatic heterocycles. The summed E-state index contributed by atoms with van der Waals surface area (Å²) in [5.74, 6) is 1.04. The van der Waals surface area contributed by atoms with Gasteiger partial charge >= 0.3 is 0 Å².